The van der Waals surface area contributed by atoms with E-state index in [1.54, 1.807) is 24.3 Å². The van der Waals surface area contributed by atoms with Crippen molar-refractivity contribution in [3.05, 3.63) is 80.8 Å². The molecule has 0 aliphatic carbocycles. The fraction of sp³-hybridized carbons (Fsp3) is 0. The van der Waals surface area contributed by atoms with Crippen LogP contribution in [-0.4, -0.2) is 8.42 Å². The number of ether oxygens (including phenoxy) is 1. The van der Waals surface area contributed by atoms with Crippen LogP contribution in [0.1, 0.15) is 0 Å². The molecule has 0 saturated carbocycles. The van der Waals surface area contributed by atoms with Crippen LogP contribution in [0.15, 0.2) is 65.6 Å². The van der Waals surface area contributed by atoms with Crippen molar-refractivity contribution < 1.29 is 13.2 Å². The van der Waals surface area contributed by atoms with Gasteiger partial charge in [0.05, 0.1) is 10.7 Å². The Morgan fingerprint density at radius 3 is 2.07 bits per heavy atom. The molecule has 0 aliphatic rings. The van der Waals surface area contributed by atoms with Crippen molar-refractivity contribution in [2.75, 3.05) is 4.72 Å². The molecule has 0 heterocycles. The summed E-state index contributed by atoms with van der Waals surface area (Å²) in [4.78, 5) is -0.0767. The lowest BCUT2D eigenvalue weighted by Gasteiger charge is -2.14. The summed E-state index contributed by atoms with van der Waals surface area (Å²) < 4.78 is 33.8. The van der Waals surface area contributed by atoms with Gasteiger partial charge in [0.1, 0.15) is 16.4 Å². The average Bonchev–Trinajstić information content (AvgIpc) is 2.56. The van der Waals surface area contributed by atoms with Crippen LogP contribution in [0, 0.1) is 0 Å². The third-order valence-corrected chi connectivity index (χ3v) is 5.75. The molecule has 3 rings (SSSR count). The van der Waals surface area contributed by atoms with Crippen LogP contribution in [0.25, 0.3) is 0 Å². The van der Waals surface area contributed by atoms with Crippen molar-refractivity contribution in [1.82, 2.24) is 0 Å². The van der Waals surface area contributed by atoms with E-state index in [1.165, 1.54) is 36.4 Å². The largest absolute Gasteiger partial charge is 0.454 e. The van der Waals surface area contributed by atoms with Crippen molar-refractivity contribution in [3.8, 4) is 11.5 Å². The summed E-state index contributed by atoms with van der Waals surface area (Å²) >= 11 is 23.8. The molecule has 0 spiro atoms. The highest BCUT2D eigenvalue weighted by Crippen LogP contribution is 2.35. The van der Waals surface area contributed by atoms with Gasteiger partial charge >= 0.3 is 0 Å². The van der Waals surface area contributed by atoms with Crippen LogP contribution in [0.3, 0.4) is 0 Å². The third-order valence-electron chi connectivity index (χ3n) is 3.37. The molecule has 140 valence electrons. The predicted molar refractivity (Wildman–Crippen MR) is 110 cm³/mol. The number of hydrogen-bond acceptors (Lipinski definition) is 3. The highest BCUT2D eigenvalue weighted by atomic mass is 35.5. The molecule has 0 amide bonds. The molecule has 4 nitrogen and oxygen atoms in total. The Morgan fingerprint density at radius 2 is 1.41 bits per heavy atom. The van der Waals surface area contributed by atoms with Crippen LogP contribution in [-0.2, 0) is 10.0 Å². The van der Waals surface area contributed by atoms with Crippen molar-refractivity contribution in [3.63, 3.8) is 0 Å². The molecule has 0 unspecified atom stereocenters. The summed E-state index contributed by atoms with van der Waals surface area (Å²) in [5, 5.41) is 1.30. The minimum atomic E-state index is -3.98. The lowest BCUT2D eigenvalue weighted by atomic mass is 10.3. The molecule has 1 N–H and O–H groups in total. The maximum absolute atomic E-state index is 12.8. The molecule has 0 atom stereocenters. The molecule has 0 saturated heterocycles. The van der Waals surface area contributed by atoms with Gasteiger partial charge in [0.2, 0.25) is 0 Å². The van der Waals surface area contributed by atoms with E-state index in [1.807, 2.05) is 0 Å². The number of para-hydroxylation sites is 1. The predicted octanol–water partition coefficient (Wildman–Crippen LogP) is 6.89. The molecule has 9 heteroatoms. The van der Waals surface area contributed by atoms with Crippen molar-refractivity contribution in [1.29, 1.82) is 0 Å². The van der Waals surface area contributed by atoms with E-state index in [4.69, 9.17) is 51.1 Å². The Hall–Kier alpha value is -1.63. The van der Waals surface area contributed by atoms with Gasteiger partial charge in [0.15, 0.2) is 0 Å². The van der Waals surface area contributed by atoms with Gasteiger partial charge < -0.3 is 4.74 Å². The topological polar surface area (TPSA) is 55.4 Å². The monoisotopic (exact) mass is 461 g/mol. The van der Waals surface area contributed by atoms with E-state index >= 15 is 0 Å². The zero-order valence-corrected chi connectivity index (χ0v) is 17.3. The number of benzene rings is 3. The second kappa shape index (κ2) is 8.17. The molecule has 3 aromatic rings. The Morgan fingerprint density at radius 1 is 0.741 bits per heavy atom. The highest BCUT2D eigenvalue weighted by molar-refractivity contribution is 7.92. The standard InChI is InChI=1S/C18H11Cl4NO3S/c19-11-5-6-16(15(22)10-11)26-17-3-1-2-4-18(17)27(24,25)23-14-8-12(20)7-13(21)9-14/h1-10,23H. The molecule has 27 heavy (non-hydrogen) atoms. The number of rotatable bonds is 5. The molecule has 0 radical (unpaired) electrons. The number of hydrogen-bond donors (Lipinski definition) is 1. The fourth-order valence-corrected chi connectivity index (χ4v) is 4.40. The van der Waals surface area contributed by atoms with E-state index in [-0.39, 0.29) is 27.1 Å². The lowest BCUT2D eigenvalue weighted by Crippen LogP contribution is -2.14. The number of anilines is 1. The van der Waals surface area contributed by atoms with Crippen LogP contribution < -0.4 is 9.46 Å². The Bertz CT molecular complexity index is 1080. The summed E-state index contributed by atoms with van der Waals surface area (Å²) in [5.74, 6) is 0.372. The van der Waals surface area contributed by atoms with Crippen LogP contribution in [0.2, 0.25) is 20.1 Å². The van der Waals surface area contributed by atoms with Crippen LogP contribution >= 0.6 is 46.4 Å². The molecule has 0 aromatic heterocycles. The maximum Gasteiger partial charge on any atom is 0.265 e. The second-order valence-electron chi connectivity index (χ2n) is 5.39. The number of sulfonamides is 1. The summed E-state index contributed by atoms with van der Waals surface area (Å²) in [6, 6.07) is 15.2. The zero-order chi connectivity index (χ0) is 19.6. The van der Waals surface area contributed by atoms with Gasteiger partial charge in [-0.2, -0.15) is 0 Å². The molecule has 3 aromatic carbocycles. The third kappa shape index (κ3) is 5.00. The van der Waals surface area contributed by atoms with E-state index < -0.39 is 10.0 Å². The Kier molecular flexibility index (Phi) is 6.08. The van der Waals surface area contributed by atoms with E-state index in [0.717, 1.165) is 0 Å². The summed E-state index contributed by atoms with van der Waals surface area (Å²) in [7, 11) is -3.98. The van der Waals surface area contributed by atoms with Gasteiger partial charge in [-0.3, -0.25) is 4.72 Å². The normalized spacial score (nSPS) is 11.3. The summed E-state index contributed by atoms with van der Waals surface area (Å²) in [6.45, 7) is 0. The van der Waals surface area contributed by atoms with Gasteiger partial charge in [-0.1, -0.05) is 58.5 Å². The van der Waals surface area contributed by atoms with Gasteiger partial charge in [-0.05, 0) is 48.5 Å². The molecular formula is C18H11Cl4NO3S. The second-order valence-corrected chi connectivity index (χ2v) is 8.75. The summed E-state index contributed by atoms with van der Waals surface area (Å²) in [5.41, 5.74) is 0.229. The quantitative estimate of drug-likeness (QED) is 0.448. The first-order valence-corrected chi connectivity index (χ1v) is 10.4. The Balaban J connectivity index is 1.96. The van der Waals surface area contributed by atoms with Gasteiger partial charge in [0, 0.05) is 15.1 Å². The van der Waals surface area contributed by atoms with E-state index in [2.05, 4.69) is 4.72 Å². The minimum Gasteiger partial charge on any atom is -0.454 e. The Labute approximate surface area is 176 Å². The maximum atomic E-state index is 12.8. The SMILES string of the molecule is O=S(=O)(Nc1cc(Cl)cc(Cl)c1)c1ccccc1Oc1ccc(Cl)cc1Cl. The van der Waals surface area contributed by atoms with Crippen molar-refractivity contribution in [2.45, 2.75) is 4.90 Å². The van der Waals surface area contributed by atoms with Crippen LogP contribution in [0.4, 0.5) is 5.69 Å². The van der Waals surface area contributed by atoms with E-state index in [0.29, 0.717) is 15.1 Å². The van der Waals surface area contributed by atoms with Gasteiger partial charge in [-0.15, -0.1) is 0 Å². The molecule has 0 aliphatic heterocycles. The van der Waals surface area contributed by atoms with E-state index in [9.17, 15) is 8.42 Å². The smallest absolute Gasteiger partial charge is 0.265 e. The molecular weight excluding hydrogens is 452 g/mol. The van der Waals surface area contributed by atoms with Crippen LogP contribution in [0.5, 0.6) is 11.5 Å². The fourth-order valence-electron chi connectivity index (χ4n) is 2.26. The minimum absolute atomic E-state index is 0.0767. The number of nitrogens with one attached hydrogen (secondary N) is 1. The zero-order valence-electron chi connectivity index (χ0n) is 13.4. The van der Waals surface area contributed by atoms with Gasteiger partial charge in [0.25, 0.3) is 10.0 Å². The highest BCUT2D eigenvalue weighted by Gasteiger charge is 2.21. The van der Waals surface area contributed by atoms with Crippen molar-refractivity contribution in [2.24, 2.45) is 0 Å². The average molecular weight is 463 g/mol. The molecule has 0 fully saturated rings. The summed E-state index contributed by atoms with van der Waals surface area (Å²) in [6.07, 6.45) is 0. The first-order chi connectivity index (χ1) is 12.7. The molecule has 0 bridgehead atoms. The number of halogens is 4. The van der Waals surface area contributed by atoms with Crippen molar-refractivity contribution >= 4 is 62.1 Å². The first-order valence-electron chi connectivity index (χ1n) is 7.45. The lowest BCUT2D eigenvalue weighted by molar-refractivity contribution is 0.468. The van der Waals surface area contributed by atoms with Gasteiger partial charge in [-0.25, -0.2) is 8.42 Å². The first kappa shape index (κ1) is 20.1.